The normalized spacial score (nSPS) is 11.3. The number of anilines is 1. The Bertz CT molecular complexity index is 1610. The van der Waals surface area contributed by atoms with Crippen LogP contribution in [0, 0.1) is 12.7 Å². The van der Waals surface area contributed by atoms with Gasteiger partial charge in [0.2, 0.25) is 0 Å². The number of hydrogen-bond acceptors (Lipinski definition) is 6. The zero-order chi connectivity index (χ0) is 29.2. The smallest absolute Gasteiger partial charge is 0.264 e. The highest BCUT2D eigenvalue weighted by Gasteiger charge is 2.29. The van der Waals surface area contributed by atoms with Crippen molar-refractivity contribution in [2.24, 2.45) is 5.10 Å². The lowest BCUT2D eigenvalue weighted by atomic mass is 10.2. The molecule has 4 aromatic rings. The van der Waals surface area contributed by atoms with E-state index in [1.54, 1.807) is 30.3 Å². The van der Waals surface area contributed by atoms with Crippen molar-refractivity contribution in [2.75, 3.05) is 17.5 Å². The van der Waals surface area contributed by atoms with Crippen molar-refractivity contribution in [2.45, 2.75) is 25.3 Å². The summed E-state index contributed by atoms with van der Waals surface area (Å²) in [6.45, 7) is 3.77. The van der Waals surface area contributed by atoms with E-state index in [2.05, 4.69) is 10.5 Å². The van der Waals surface area contributed by atoms with Crippen molar-refractivity contribution < 1.29 is 27.1 Å². The van der Waals surface area contributed by atoms with Gasteiger partial charge in [0.15, 0.2) is 11.5 Å². The number of benzene rings is 4. The molecule has 10 heteroatoms. The molecule has 1 N–H and O–H groups in total. The Morgan fingerprint density at radius 2 is 1.63 bits per heavy atom. The molecule has 212 valence electrons. The van der Waals surface area contributed by atoms with Crippen LogP contribution >= 0.6 is 0 Å². The summed E-state index contributed by atoms with van der Waals surface area (Å²) >= 11 is 0. The van der Waals surface area contributed by atoms with Crippen molar-refractivity contribution in [3.63, 3.8) is 0 Å². The molecule has 0 aliphatic heterocycles. The average Bonchev–Trinajstić information content (AvgIpc) is 2.97. The third kappa shape index (κ3) is 7.70. The number of hydrazone groups is 1. The summed E-state index contributed by atoms with van der Waals surface area (Å²) in [6.07, 6.45) is 1.39. The molecule has 0 bridgehead atoms. The molecular formula is C31H30FN3O5S. The van der Waals surface area contributed by atoms with Crippen LogP contribution < -0.4 is 19.2 Å². The number of sulfonamides is 1. The molecule has 0 radical (unpaired) electrons. The van der Waals surface area contributed by atoms with Crippen LogP contribution in [0.1, 0.15) is 23.6 Å². The Labute approximate surface area is 239 Å². The lowest BCUT2D eigenvalue weighted by Crippen LogP contribution is -2.40. The summed E-state index contributed by atoms with van der Waals surface area (Å²) in [5, 5.41) is 3.97. The van der Waals surface area contributed by atoms with E-state index in [9.17, 15) is 17.6 Å². The van der Waals surface area contributed by atoms with Gasteiger partial charge >= 0.3 is 0 Å². The summed E-state index contributed by atoms with van der Waals surface area (Å²) < 4.78 is 53.9. The van der Waals surface area contributed by atoms with Gasteiger partial charge in [0.25, 0.3) is 15.9 Å². The van der Waals surface area contributed by atoms with Crippen LogP contribution in [0.3, 0.4) is 0 Å². The van der Waals surface area contributed by atoms with E-state index in [1.165, 1.54) is 36.5 Å². The van der Waals surface area contributed by atoms with Gasteiger partial charge < -0.3 is 9.47 Å². The minimum absolute atomic E-state index is 0.0688. The molecule has 4 aromatic carbocycles. The summed E-state index contributed by atoms with van der Waals surface area (Å²) in [6, 6.07) is 26.4. The summed E-state index contributed by atoms with van der Waals surface area (Å²) in [7, 11) is -4.26. The molecule has 1 amide bonds. The van der Waals surface area contributed by atoms with E-state index in [-0.39, 0.29) is 10.6 Å². The summed E-state index contributed by atoms with van der Waals surface area (Å²) in [5.41, 5.74) is 4.56. The number of amides is 1. The predicted molar refractivity (Wildman–Crippen MR) is 156 cm³/mol. The van der Waals surface area contributed by atoms with E-state index in [0.717, 1.165) is 21.5 Å². The lowest BCUT2D eigenvalue weighted by Gasteiger charge is -2.24. The quantitative estimate of drug-likeness (QED) is 0.179. The first-order valence-electron chi connectivity index (χ1n) is 12.9. The van der Waals surface area contributed by atoms with Gasteiger partial charge in [0.1, 0.15) is 19.0 Å². The monoisotopic (exact) mass is 575 g/mol. The molecule has 0 aliphatic carbocycles. The van der Waals surface area contributed by atoms with E-state index in [4.69, 9.17) is 9.47 Å². The fourth-order valence-corrected chi connectivity index (χ4v) is 5.29. The second-order valence-corrected chi connectivity index (χ2v) is 10.8. The molecule has 0 aromatic heterocycles. The van der Waals surface area contributed by atoms with Gasteiger partial charge in [-0.2, -0.15) is 5.10 Å². The van der Waals surface area contributed by atoms with Gasteiger partial charge in [0.05, 0.1) is 23.4 Å². The van der Waals surface area contributed by atoms with Crippen molar-refractivity contribution in [1.29, 1.82) is 0 Å². The molecular weight excluding hydrogens is 545 g/mol. The van der Waals surface area contributed by atoms with E-state index >= 15 is 0 Å². The lowest BCUT2D eigenvalue weighted by molar-refractivity contribution is -0.119. The molecule has 0 aliphatic rings. The second kappa shape index (κ2) is 13.6. The molecule has 8 nitrogen and oxygen atoms in total. The molecule has 0 spiro atoms. The van der Waals surface area contributed by atoms with Gasteiger partial charge in [-0.15, -0.1) is 0 Å². The van der Waals surface area contributed by atoms with E-state index < -0.39 is 28.3 Å². The second-order valence-electron chi connectivity index (χ2n) is 8.98. The first kappa shape index (κ1) is 29.3. The standard InChI is InChI=1S/C31H30FN3O5S/c1-3-39-30-19-25(15-18-29(30)40-22-24-9-5-4-6-10-24)20-33-34-31(36)21-35(28-12-8-7-11-27(28)32)41(37,38)26-16-13-23(2)14-17-26/h4-20H,3,21-22H2,1-2H3,(H,34,36)/b33-20+. The Balaban J connectivity index is 1.48. The number of carbonyl (C=O) groups excluding carboxylic acids is 1. The van der Waals surface area contributed by atoms with Crippen molar-refractivity contribution in [3.8, 4) is 11.5 Å². The van der Waals surface area contributed by atoms with Gasteiger partial charge in [-0.3, -0.25) is 9.10 Å². The number of aryl methyl sites for hydroxylation is 1. The first-order valence-corrected chi connectivity index (χ1v) is 14.3. The zero-order valence-electron chi connectivity index (χ0n) is 22.7. The van der Waals surface area contributed by atoms with Crippen molar-refractivity contribution >= 4 is 27.8 Å². The number of carbonyl (C=O) groups is 1. The molecule has 0 saturated heterocycles. The average molecular weight is 576 g/mol. The van der Waals surface area contributed by atoms with Crippen LogP contribution in [0.4, 0.5) is 10.1 Å². The fourth-order valence-electron chi connectivity index (χ4n) is 3.86. The molecule has 0 saturated carbocycles. The largest absolute Gasteiger partial charge is 0.490 e. The van der Waals surface area contributed by atoms with Gasteiger partial charge in [0, 0.05) is 0 Å². The highest BCUT2D eigenvalue weighted by Crippen LogP contribution is 2.29. The van der Waals surface area contributed by atoms with Crippen LogP contribution in [0.5, 0.6) is 11.5 Å². The topological polar surface area (TPSA) is 97.3 Å². The molecule has 0 unspecified atom stereocenters. The SMILES string of the molecule is CCOc1cc(/C=N/NC(=O)CN(c2ccccc2F)S(=O)(=O)c2ccc(C)cc2)ccc1OCc1ccccc1. The summed E-state index contributed by atoms with van der Waals surface area (Å²) in [4.78, 5) is 12.7. The van der Waals surface area contributed by atoms with Crippen molar-refractivity contribution in [3.05, 3.63) is 120 Å². The molecule has 0 heterocycles. The molecule has 0 atom stereocenters. The zero-order valence-corrected chi connectivity index (χ0v) is 23.5. The first-order chi connectivity index (χ1) is 19.8. The Morgan fingerprint density at radius 1 is 0.927 bits per heavy atom. The van der Waals surface area contributed by atoms with Gasteiger partial charge in [-0.05, 0) is 67.4 Å². The third-order valence-corrected chi connectivity index (χ3v) is 7.70. The predicted octanol–water partition coefficient (Wildman–Crippen LogP) is 5.46. The van der Waals surface area contributed by atoms with Crippen LogP contribution in [0.25, 0.3) is 0 Å². The maximum atomic E-state index is 14.7. The fraction of sp³-hybridized carbons (Fsp3) is 0.161. The number of nitrogens with zero attached hydrogens (tertiary/aromatic N) is 2. The Morgan fingerprint density at radius 3 is 2.34 bits per heavy atom. The van der Waals surface area contributed by atoms with E-state index in [0.29, 0.717) is 30.3 Å². The highest BCUT2D eigenvalue weighted by atomic mass is 32.2. The van der Waals surface area contributed by atoms with Crippen molar-refractivity contribution in [1.82, 2.24) is 5.43 Å². The number of ether oxygens (including phenoxy) is 2. The maximum Gasteiger partial charge on any atom is 0.264 e. The Hall–Kier alpha value is -4.70. The third-order valence-electron chi connectivity index (χ3n) is 5.92. The maximum absolute atomic E-state index is 14.7. The van der Waals surface area contributed by atoms with Crippen LogP contribution in [-0.2, 0) is 21.4 Å². The minimum atomic E-state index is -4.26. The molecule has 4 rings (SSSR count). The number of nitrogens with one attached hydrogen (secondary N) is 1. The number of para-hydroxylation sites is 1. The van der Waals surface area contributed by atoms with Crippen LogP contribution in [0.2, 0.25) is 0 Å². The summed E-state index contributed by atoms with van der Waals surface area (Å²) in [5.74, 6) is -0.474. The molecule has 41 heavy (non-hydrogen) atoms. The van der Waals surface area contributed by atoms with E-state index in [1.807, 2.05) is 44.2 Å². The molecule has 0 fully saturated rings. The van der Waals surface area contributed by atoms with Crippen LogP contribution in [0.15, 0.2) is 107 Å². The number of hydrogen-bond donors (Lipinski definition) is 1. The van der Waals surface area contributed by atoms with Crippen LogP contribution in [-0.4, -0.2) is 33.7 Å². The van der Waals surface area contributed by atoms with Gasteiger partial charge in [-0.25, -0.2) is 18.2 Å². The number of rotatable bonds is 12. The Kier molecular flexibility index (Phi) is 9.70. The number of halogens is 1. The van der Waals surface area contributed by atoms with Gasteiger partial charge in [-0.1, -0.05) is 60.2 Å². The minimum Gasteiger partial charge on any atom is -0.490 e. The highest BCUT2D eigenvalue weighted by molar-refractivity contribution is 7.92.